The lowest BCUT2D eigenvalue weighted by atomic mass is 10.1. The molecule has 1 fully saturated rings. The minimum atomic E-state index is -0.464. The molecule has 0 spiro atoms. The van der Waals surface area contributed by atoms with Gasteiger partial charge < -0.3 is 10.2 Å². The molecule has 0 bridgehead atoms. The number of piperidine rings is 1. The summed E-state index contributed by atoms with van der Waals surface area (Å²) in [5.74, 6) is 0.00686. The van der Waals surface area contributed by atoms with Crippen molar-refractivity contribution in [1.29, 1.82) is 0 Å². The molecule has 8 heteroatoms. The zero-order valence-electron chi connectivity index (χ0n) is 15.5. The molecule has 2 aliphatic heterocycles. The normalized spacial score (nSPS) is 17.5. The van der Waals surface area contributed by atoms with E-state index in [0.717, 1.165) is 30.0 Å². The zero-order chi connectivity index (χ0) is 18.9. The van der Waals surface area contributed by atoms with Gasteiger partial charge in [0.2, 0.25) is 11.8 Å². The number of hydrogen-bond acceptors (Lipinski definition) is 5. The van der Waals surface area contributed by atoms with Gasteiger partial charge in [0.05, 0.1) is 10.8 Å². The fourth-order valence-corrected chi connectivity index (χ4v) is 3.74. The minimum Gasteiger partial charge on any atom is -0.343 e. The maximum absolute atomic E-state index is 12.0. The van der Waals surface area contributed by atoms with E-state index in [-0.39, 0.29) is 23.6 Å². The molecule has 2 heterocycles. The van der Waals surface area contributed by atoms with Gasteiger partial charge in [-0.15, -0.1) is 11.8 Å². The van der Waals surface area contributed by atoms with E-state index in [0.29, 0.717) is 32.4 Å². The Morgan fingerprint density at radius 1 is 1.27 bits per heavy atom. The number of nitrogens with one attached hydrogen (secondary N) is 2. The van der Waals surface area contributed by atoms with Crippen LogP contribution in [0.1, 0.15) is 52.4 Å². The summed E-state index contributed by atoms with van der Waals surface area (Å²) in [6, 6.07) is -0.467. The van der Waals surface area contributed by atoms with Crippen LogP contribution in [0.15, 0.2) is 16.8 Å². The lowest BCUT2D eigenvalue weighted by Crippen LogP contribution is -2.50. The van der Waals surface area contributed by atoms with Crippen LogP contribution in [0.25, 0.3) is 0 Å². The van der Waals surface area contributed by atoms with Gasteiger partial charge in [0.15, 0.2) is 0 Å². The molecule has 2 rings (SSSR count). The van der Waals surface area contributed by atoms with E-state index in [4.69, 9.17) is 0 Å². The highest BCUT2D eigenvalue weighted by molar-refractivity contribution is 8.14. The van der Waals surface area contributed by atoms with Crippen molar-refractivity contribution in [3.05, 3.63) is 11.8 Å². The smallest absolute Gasteiger partial charge is 0.321 e. The molecule has 2 N–H and O–H groups in total. The van der Waals surface area contributed by atoms with Gasteiger partial charge in [0, 0.05) is 37.7 Å². The molecule has 0 unspecified atom stereocenters. The van der Waals surface area contributed by atoms with Gasteiger partial charge in [-0.1, -0.05) is 26.3 Å². The Labute approximate surface area is 159 Å². The van der Waals surface area contributed by atoms with Gasteiger partial charge in [0.1, 0.15) is 0 Å². The Morgan fingerprint density at radius 3 is 2.65 bits per heavy atom. The molecule has 0 saturated carbocycles. The van der Waals surface area contributed by atoms with Crippen molar-refractivity contribution >= 4 is 34.7 Å². The van der Waals surface area contributed by atoms with Crippen LogP contribution in [-0.2, 0) is 9.59 Å². The topological polar surface area (TPSA) is 90.9 Å². The summed E-state index contributed by atoms with van der Waals surface area (Å²) in [5.41, 5.74) is 1.08. The van der Waals surface area contributed by atoms with E-state index in [1.807, 2.05) is 11.8 Å². The Kier molecular flexibility index (Phi) is 8.15. The van der Waals surface area contributed by atoms with Crippen molar-refractivity contribution < 1.29 is 14.4 Å². The number of likely N-dealkylation sites (tertiary alicyclic amines) is 1. The van der Waals surface area contributed by atoms with Crippen LogP contribution in [0.5, 0.6) is 0 Å². The molecule has 0 radical (unpaired) electrons. The molecule has 0 aromatic heterocycles. The molecule has 144 valence electrons. The predicted octanol–water partition coefficient (Wildman–Crippen LogP) is 2.43. The number of urea groups is 1. The predicted molar refractivity (Wildman–Crippen MR) is 104 cm³/mol. The number of thioether (sulfide) groups is 1. The summed E-state index contributed by atoms with van der Waals surface area (Å²) in [6.07, 6.45) is 6.81. The molecule has 26 heavy (non-hydrogen) atoms. The molecule has 0 aliphatic carbocycles. The number of nitrogens with zero attached hydrogens (tertiary/aromatic N) is 2. The number of imide groups is 1. The first kappa shape index (κ1) is 20.5. The Balaban J connectivity index is 1.63. The minimum absolute atomic E-state index is 0.00336. The number of carbonyl (C=O) groups is 3. The van der Waals surface area contributed by atoms with E-state index >= 15 is 0 Å². The largest absolute Gasteiger partial charge is 0.343 e. The summed E-state index contributed by atoms with van der Waals surface area (Å²) in [6.45, 7) is 5.25. The lowest BCUT2D eigenvalue weighted by molar-refractivity contribution is -0.131. The zero-order valence-corrected chi connectivity index (χ0v) is 16.4. The van der Waals surface area contributed by atoms with Crippen molar-refractivity contribution in [1.82, 2.24) is 15.5 Å². The van der Waals surface area contributed by atoms with Crippen molar-refractivity contribution in [2.24, 2.45) is 4.99 Å². The van der Waals surface area contributed by atoms with Crippen LogP contribution >= 0.6 is 11.8 Å². The van der Waals surface area contributed by atoms with Gasteiger partial charge in [0.25, 0.3) is 0 Å². The Bertz CT molecular complexity index is 595. The highest BCUT2D eigenvalue weighted by Gasteiger charge is 2.23. The van der Waals surface area contributed by atoms with E-state index in [9.17, 15) is 14.4 Å². The Morgan fingerprint density at radius 2 is 2.00 bits per heavy atom. The van der Waals surface area contributed by atoms with Crippen LogP contribution in [0.3, 0.4) is 0 Å². The number of hydrogen-bond donors (Lipinski definition) is 2. The summed E-state index contributed by atoms with van der Waals surface area (Å²) in [5, 5.41) is 6.12. The maximum atomic E-state index is 12.0. The van der Waals surface area contributed by atoms with Crippen LogP contribution in [0, 0.1) is 0 Å². The van der Waals surface area contributed by atoms with Gasteiger partial charge in [-0.2, -0.15) is 0 Å². The van der Waals surface area contributed by atoms with Gasteiger partial charge in [-0.05, 0) is 19.3 Å². The second kappa shape index (κ2) is 10.4. The maximum Gasteiger partial charge on any atom is 0.321 e. The summed E-state index contributed by atoms with van der Waals surface area (Å²) >= 11 is 1.38. The SMILES string of the molecule is CCCC1=CCC(SCC(=O)NC(=O)NC2CCN(C(=O)CC)CC2)=N1. The first-order valence-corrected chi connectivity index (χ1v) is 10.3. The lowest BCUT2D eigenvalue weighted by Gasteiger charge is -2.32. The van der Waals surface area contributed by atoms with Crippen molar-refractivity contribution in [3.63, 3.8) is 0 Å². The molecule has 1 saturated heterocycles. The molecular formula is C18H28N4O3S. The summed E-state index contributed by atoms with van der Waals surface area (Å²) in [4.78, 5) is 41.8. The van der Waals surface area contributed by atoms with Gasteiger partial charge >= 0.3 is 6.03 Å². The van der Waals surface area contributed by atoms with Crippen LogP contribution in [-0.4, -0.2) is 52.7 Å². The average Bonchev–Trinajstić information content (AvgIpc) is 3.08. The van der Waals surface area contributed by atoms with Crippen LogP contribution in [0.2, 0.25) is 0 Å². The summed E-state index contributed by atoms with van der Waals surface area (Å²) < 4.78 is 0. The van der Waals surface area contributed by atoms with E-state index in [1.54, 1.807) is 0 Å². The van der Waals surface area contributed by atoms with Crippen molar-refractivity contribution in [2.45, 2.75) is 58.4 Å². The fraction of sp³-hybridized carbons (Fsp3) is 0.667. The number of amides is 4. The molecular weight excluding hydrogens is 352 g/mol. The third kappa shape index (κ3) is 6.48. The standard InChI is InChI=1S/C18H28N4O3S/c1-3-5-13-6-7-16(19-13)26-12-15(23)21-18(25)20-14-8-10-22(11-9-14)17(24)4-2/h6,14H,3-5,7-12H2,1-2H3,(H2,20,21,23,25). The van der Waals surface area contributed by atoms with E-state index in [2.05, 4.69) is 28.6 Å². The first-order valence-electron chi connectivity index (χ1n) is 9.29. The molecule has 7 nitrogen and oxygen atoms in total. The quantitative estimate of drug-likeness (QED) is 0.740. The first-order chi connectivity index (χ1) is 12.5. The summed E-state index contributed by atoms with van der Waals surface area (Å²) in [7, 11) is 0. The Hall–Kier alpha value is -1.83. The molecule has 2 aliphatic rings. The van der Waals surface area contributed by atoms with Gasteiger partial charge in [-0.3, -0.25) is 19.9 Å². The average molecular weight is 381 g/mol. The number of aliphatic imine (C=N–C) groups is 1. The highest BCUT2D eigenvalue weighted by atomic mass is 32.2. The molecule has 0 atom stereocenters. The van der Waals surface area contributed by atoms with Gasteiger partial charge in [-0.25, -0.2) is 4.79 Å². The molecule has 0 aromatic rings. The number of carbonyl (C=O) groups excluding carboxylic acids is 3. The highest BCUT2D eigenvalue weighted by Crippen LogP contribution is 2.21. The monoisotopic (exact) mass is 380 g/mol. The third-order valence-electron chi connectivity index (χ3n) is 4.39. The fourth-order valence-electron chi connectivity index (χ4n) is 2.99. The number of rotatable bonds is 6. The van der Waals surface area contributed by atoms with Crippen LogP contribution in [0.4, 0.5) is 4.79 Å². The van der Waals surface area contributed by atoms with E-state index in [1.165, 1.54) is 11.8 Å². The number of allylic oxidation sites excluding steroid dienone is 2. The van der Waals surface area contributed by atoms with E-state index < -0.39 is 6.03 Å². The second-order valence-corrected chi connectivity index (χ2v) is 7.52. The third-order valence-corrected chi connectivity index (χ3v) is 5.39. The van der Waals surface area contributed by atoms with Crippen LogP contribution < -0.4 is 10.6 Å². The molecule has 0 aromatic carbocycles. The van der Waals surface area contributed by atoms with Crippen molar-refractivity contribution in [2.75, 3.05) is 18.8 Å². The second-order valence-electron chi connectivity index (χ2n) is 6.47. The van der Waals surface area contributed by atoms with Crippen molar-refractivity contribution in [3.8, 4) is 0 Å². The molecule has 4 amide bonds.